The zero-order chi connectivity index (χ0) is 13.2. The molecule has 18 heavy (non-hydrogen) atoms. The maximum absolute atomic E-state index is 10.6. The van der Waals surface area contributed by atoms with Gasteiger partial charge in [0.05, 0.1) is 0 Å². The van der Waals surface area contributed by atoms with E-state index in [1.165, 1.54) is 11.1 Å². The number of rotatable bonds is 7. The Balaban J connectivity index is 2.15. The molecule has 0 unspecified atom stereocenters. The molecule has 0 aromatic heterocycles. The highest BCUT2D eigenvalue weighted by Crippen LogP contribution is 2.04. The standard InChI is InChI=1S/C15H22N2O/c1-13(11-15-7-4-3-5-8-15)12-16-9-6-10-17-14(2)18/h3-5,7-8,11,16H,6,9-10,12H2,1-2H3,(H,17,18)/b13-11+. The topological polar surface area (TPSA) is 41.1 Å². The molecule has 98 valence electrons. The van der Waals surface area contributed by atoms with Crippen molar-refractivity contribution >= 4 is 12.0 Å². The Morgan fingerprint density at radius 1 is 1.17 bits per heavy atom. The minimum Gasteiger partial charge on any atom is -0.356 e. The van der Waals surface area contributed by atoms with Crippen molar-refractivity contribution < 1.29 is 4.79 Å². The van der Waals surface area contributed by atoms with Gasteiger partial charge in [0, 0.05) is 20.0 Å². The lowest BCUT2D eigenvalue weighted by molar-refractivity contribution is -0.118. The van der Waals surface area contributed by atoms with E-state index in [0.717, 1.165) is 26.1 Å². The highest BCUT2D eigenvalue weighted by molar-refractivity contribution is 5.72. The molecule has 0 saturated carbocycles. The Kier molecular flexibility index (Phi) is 6.81. The molecule has 0 atom stereocenters. The lowest BCUT2D eigenvalue weighted by Crippen LogP contribution is -2.25. The second-order valence-corrected chi connectivity index (χ2v) is 4.41. The van der Waals surface area contributed by atoms with E-state index in [-0.39, 0.29) is 5.91 Å². The summed E-state index contributed by atoms with van der Waals surface area (Å²) in [6.07, 6.45) is 3.14. The average molecular weight is 246 g/mol. The monoisotopic (exact) mass is 246 g/mol. The van der Waals surface area contributed by atoms with Crippen molar-refractivity contribution in [1.29, 1.82) is 0 Å². The van der Waals surface area contributed by atoms with Gasteiger partial charge in [-0.3, -0.25) is 4.79 Å². The molecular weight excluding hydrogens is 224 g/mol. The summed E-state index contributed by atoms with van der Waals surface area (Å²) in [5.74, 6) is 0.0372. The van der Waals surface area contributed by atoms with Gasteiger partial charge < -0.3 is 10.6 Å². The normalized spacial score (nSPS) is 11.3. The third kappa shape index (κ3) is 6.86. The van der Waals surface area contributed by atoms with Crippen LogP contribution in [0.4, 0.5) is 0 Å². The van der Waals surface area contributed by atoms with Gasteiger partial charge in [-0.1, -0.05) is 42.0 Å². The van der Waals surface area contributed by atoms with E-state index in [4.69, 9.17) is 0 Å². The third-order valence-electron chi connectivity index (χ3n) is 2.52. The molecule has 0 bridgehead atoms. The Morgan fingerprint density at radius 3 is 2.56 bits per heavy atom. The van der Waals surface area contributed by atoms with Crippen LogP contribution in [0.5, 0.6) is 0 Å². The van der Waals surface area contributed by atoms with Crippen LogP contribution in [0.25, 0.3) is 6.08 Å². The molecule has 0 saturated heterocycles. The lowest BCUT2D eigenvalue weighted by Gasteiger charge is -2.06. The number of amides is 1. The molecule has 0 spiro atoms. The van der Waals surface area contributed by atoms with Crippen LogP contribution in [0.2, 0.25) is 0 Å². The van der Waals surface area contributed by atoms with E-state index < -0.39 is 0 Å². The molecule has 1 aromatic rings. The molecule has 0 aliphatic carbocycles. The molecular formula is C15H22N2O. The molecule has 0 heterocycles. The van der Waals surface area contributed by atoms with Crippen LogP contribution >= 0.6 is 0 Å². The first kappa shape index (κ1) is 14.5. The van der Waals surface area contributed by atoms with Crippen LogP contribution in [0, 0.1) is 0 Å². The predicted octanol–water partition coefficient (Wildman–Crippen LogP) is 2.21. The predicted molar refractivity (Wildman–Crippen MR) is 76.3 cm³/mol. The SMILES string of the molecule is CC(=O)NCCCNC/C(C)=C/c1ccccc1. The first-order valence-electron chi connectivity index (χ1n) is 6.36. The maximum atomic E-state index is 10.6. The van der Waals surface area contributed by atoms with Gasteiger partial charge in [-0.15, -0.1) is 0 Å². The molecule has 0 fully saturated rings. The fraction of sp³-hybridized carbons (Fsp3) is 0.400. The molecule has 0 radical (unpaired) electrons. The zero-order valence-corrected chi connectivity index (χ0v) is 11.2. The summed E-state index contributed by atoms with van der Waals surface area (Å²) >= 11 is 0. The van der Waals surface area contributed by atoms with Crippen molar-refractivity contribution in [3.05, 3.63) is 41.5 Å². The van der Waals surface area contributed by atoms with Gasteiger partial charge in [0.2, 0.25) is 5.91 Å². The van der Waals surface area contributed by atoms with E-state index in [0.29, 0.717) is 0 Å². The molecule has 3 nitrogen and oxygen atoms in total. The molecule has 2 N–H and O–H groups in total. The summed E-state index contributed by atoms with van der Waals surface area (Å²) in [7, 11) is 0. The van der Waals surface area contributed by atoms with Crippen molar-refractivity contribution in [3.8, 4) is 0 Å². The lowest BCUT2D eigenvalue weighted by atomic mass is 10.1. The fourth-order valence-electron chi connectivity index (χ4n) is 1.65. The van der Waals surface area contributed by atoms with Gasteiger partial charge in [-0.05, 0) is 25.5 Å². The van der Waals surface area contributed by atoms with E-state index >= 15 is 0 Å². The van der Waals surface area contributed by atoms with Crippen molar-refractivity contribution in [1.82, 2.24) is 10.6 Å². The van der Waals surface area contributed by atoms with Crippen molar-refractivity contribution in [2.24, 2.45) is 0 Å². The van der Waals surface area contributed by atoms with Gasteiger partial charge in [0.15, 0.2) is 0 Å². The highest BCUT2D eigenvalue weighted by Gasteiger charge is 1.93. The Bertz CT molecular complexity index is 385. The summed E-state index contributed by atoms with van der Waals surface area (Å²) < 4.78 is 0. The fourth-order valence-corrected chi connectivity index (χ4v) is 1.65. The molecule has 0 aliphatic heterocycles. The summed E-state index contributed by atoms with van der Waals surface area (Å²) in [4.78, 5) is 10.6. The van der Waals surface area contributed by atoms with Gasteiger partial charge in [-0.25, -0.2) is 0 Å². The number of hydrogen-bond donors (Lipinski definition) is 2. The summed E-state index contributed by atoms with van der Waals surface area (Å²) in [5, 5.41) is 6.14. The Hall–Kier alpha value is -1.61. The Labute approximate surface area is 109 Å². The van der Waals surface area contributed by atoms with E-state index in [1.54, 1.807) is 6.92 Å². The van der Waals surface area contributed by atoms with Crippen LogP contribution < -0.4 is 10.6 Å². The van der Waals surface area contributed by atoms with Crippen LogP contribution in [-0.4, -0.2) is 25.5 Å². The second-order valence-electron chi connectivity index (χ2n) is 4.41. The van der Waals surface area contributed by atoms with Gasteiger partial charge in [0.25, 0.3) is 0 Å². The summed E-state index contributed by atoms with van der Waals surface area (Å²) in [6.45, 7) is 6.20. The van der Waals surface area contributed by atoms with Crippen LogP contribution in [0.1, 0.15) is 25.8 Å². The second kappa shape index (κ2) is 8.48. The highest BCUT2D eigenvalue weighted by atomic mass is 16.1. The number of carbonyl (C=O) groups is 1. The number of nitrogens with one attached hydrogen (secondary N) is 2. The number of hydrogen-bond acceptors (Lipinski definition) is 2. The zero-order valence-electron chi connectivity index (χ0n) is 11.2. The van der Waals surface area contributed by atoms with Crippen molar-refractivity contribution in [3.63, 3.8) is 0 Å². The van der Waals surface area contributed by atoms with Crippen LogP contribution in [-0.2, 0) is 4.79 Å². The third-order valence-corrected chi connectivity index (χ3v) is 2.52. The number of benzene rings is 1. The average Bonchev–Trinajstić information content (AvgIpc) is 2.34. The summed E-state index contributed by atoms with van der Waals surface area (Å²) in [5.41, 5.74) is 2.54. The quantitative estimate of drug-likeness (QED) is 0.724. The molecule has 1 amide bonds. The minimum absolute atomic E-state index is 0.0372. The Morgan fingerprint density at radius 2 is 1.89 bits per heavy atom. The van der Waals surface area contributed by atoms with E-state index in [1.807, 2.05) is 18.2 Å². The molecule has 1 aromatic carbocycles. The smallest absolute Gasteiger partial charge is 0.216 e. The van der Waals surface area contributed by atoms with Gasteiger partial charge >= 0.3 is 0 Å². The largest absolute Gasteiger partial charge is 0.356 e. The van der Waals surface area contributed by atoms with Gasteiger partial charge in [-0.2, -0.15) is 0 Å². The van der Waals surface area contributed by atoms with Crippen LogP contribution in [0.15, 0.2) is 35.9 Å². The van der Waals surface area contributed by atoms with E-state index in [9.17, 15) is 4.79 Å². The summed E-state index contributed by atoms with van der Waals surface area (Å²) in [6, 6.07) is 10.3. The number of carbonyl (C=O) groups excluding carboxylic acids is 1. The molecule has 0 aliphatic rings. The maximum Gasteiger partial charge on any atom is 0.216 e. The molecule has 1 rings (SSSR count). The van der Waals surface area contributed by atoms with E-state index in [2.05, 4.69) is 35.8 Å². The first-order valence-corrected chi connectivity index (χ1v) is 6.36. The first-order chi connectivity index (χ1) is 8.68. The van der Waals surface area contributed by atoms with Crippen LogP contribution in [0.3, 0.4) is 0 Å². The molecule has 3 heteroatoms. The van der Waals surface area contributed by atoms with Crippen molar-refractivity contribution in [2.45, 2.75) is 20.3 Å². The minimum atomic E-state index is 0.0372. The van der Waals surface area contributed by atoms with Crippen molar-refractivity contribution in [2.75, 3.05) is 19.6 Å². The van der Waals surface area contributed by atoms with Gasteiger partial charge in [0.1, 0.15) is 0 Å².